The first kappa shape index (κ1) is 33.2. The third kappa shape index (κ3) is 6.10. The Morgan fingerprint density at radius 3 is 2.57 bits per heavy atom. The lowest BCUT2D eigenvalue weighted by Crippen LogP contribution is -2.69. The van der Waals surface area contributed by atoms with Crippen LogP contribution in [0.2, 0.25) is 0 Å². The number of nitrogens with zero attached hydrogens (tertiary/aromatic N) is 1. The molecule has 7 rings (SSSR count). The highest BCUT2D eigenvalue weighted by Crippen LogP contribution is 2.65. The first-order chi connectivity index (χ1) is 23.5. The number of rotatable bonds is 11. The number of amides is 1. The number of esters is 1. The molecule has 10 nitrogen and oxygen atoms in total. The Hall–Kier alpha value is -4.28. The van der Waals surface area contributed by atoms with Gasteiger partial charge in [0.05, 0.1) is 7.11 Å². The van der Waals surface area contributed by atoms with Gasteiger partial charge in [-0.15, -0.1) is 0 Å². The maximum atomic E-state index is 13.7. The molecule has 49 heavy (non-hydrogen) atoms. The maximum Gasteiger partial charge on any atom is 0.329 e. The summed E-state index contributed by atoms with van der Waals surface area (Å²) in [5.74, 6) is 1.14. The number of nitrogens with one attached hydrogen (secondary N) is 2. The molecule has 1 spiro atoms. The molecule has 2 aliphatic carbocycles. The lowest BCUT2D eigenvalue weighted by atomic mass is 9.51. The van der Waals surface area contributed by atoms with Crippen LogP contribution in [0, 0.1) is 5.92 Å². The molecule has 3 aromatic rings. The lowest BCUT2D eigenvalue weighted by molar-refractivity contribution is -0.149. The Labute approximate surface area is 287 Å². The van der Waals surface area contributed by atoms with Crippen molar-refractivity contribution in [1.29, 1.82) is 0 Å². The largest absolute Gasteiger partial charge is 0.508 e. The predicted molar refractivity (Wildman–Crippen MR) is 184 cm³/mol. The van der Waals surface area contributed by atoms with E-state index in [1.165, 1.54) is 0 Å². The molecule has 10 heteroatoms. The Balaban J connectivity index is 1.08. The number of hydrogen-bond donors (Lipinski definition) is 4. The van der Waals surface area contributed by atoms with Crippen molar-refractivity contribution in [2.75, 3.05) is 20.7 Å². The molecule has 2 heterocycles. The van der Waals surface area contributed by atoms with Gasteiger partial charge >= 0.3 is 5.97 Å². The van der Waals surface area contributed by atoms with E-state index in [0.717, 1.165) is 60.2 Å². The zero-order valence-corrected chi connectivity index (χ0v) is 28.7. The molecular formula is C39H47N3O7. The summed E-state index contributed by atoms with van der Waals surface area (Å²) in [4.78, 5) is 29.5. The number of aromatic hydroxyl groups is 2. The zero-order valence-electron chi connectivity index (χ0n) is 28.7. The highest BCUT2D eigenvalue weighted by atomic mass is 16.5. The summed E-state index contributed by atoms with van der Waals surface area (Å²) in [7, 11) is 3.87. The molecule has 0 aromatic heterocycles. The van der Waals surface area contributed by atoms with Crippen LogP contribution in [0.3, 0.4) is 0 Å². The Bertz CT molecular complexity index is 1710. The number of piperidine rings is 1. The van der Waals surface area contributed by atoms with Gasteiger partial charge in [-0.3, -0.25) is 4.79 Å². The molecule has 1 saturated heterocycles. The number of methoxy groups -OCH3 is 1. The van der Waals surface area contributed by atoms with E-state index in [2.05, 4.69) is 22.6 Å². The number of phenols is 2. The van der Waals surface area contributed by atoms with E-state index >= 15 is 0 Å². The second kappa shape index (κ2) is 12.9. The highest BCUT2D eigenvalue weighted by Gasteiger charge is 2.66. The number of ether oxygens (including phenoxy) is 3. The molecule has 1 amide bonds. The van der Waals surface area contributed by atoms with Crippen molar-refractivity contribution in [1.82, 2.24) is 15.5 Å². The van der Waals surface area contributed by atoms with Crippen LogP contribution in [0.15, 0.2) is 60.7 Å². The zero-order chi connectivity index (χ0) is 34.5. The second-order valence-electron chi connectivity index (χ2n) is 14.9. The first-order valence-electron chi connectivity index (χ1n) is 17.3. The van der Waals surface area contributed by atoms with Gasteiger partial charge in [0.15, 0.2) is 11.5 Å². The predicted octanol–water partition coefficient (Wildman–Crippen LogP) is 4.37. The van der Waals surface area contributed by atoms with E-state index in [0.29, 0.717) is 17.7 Å². The van der Waals surface area contributed by atoms with Gasteiger partial charge in [-0.25, -0.2) is 4.79 Å². The quantitative estimate of drug-likeness (QED) is 0.220. The van der Waals surface area contributed by atoms with E-state index in [1.54, 1.807) is 37.4 Å². The van der Waals surface area contributed by atoms with E-state index in [9.17, 15) is 19.8 Å². The molecule has 6 atom stereocenters. The van der Waals surface area contributed by atoms with Gasteiger partial charge in [0.25, 0.3) is 0 Å². The van der Waals surface area contributed by atoms with E-state index in [-0.39, 0.29) is 54.4 Å². The second-order valence-corrected chi connectivity index (χ2v) is 14.9. The van der Waals surface area contributed by atoms with Crippen molar-refractivity contribution >= 4 is 11.9 Å². The van der Waals surface area contributed by atoms with Gasteiger partial charge in [-0.2, -0.15) is 0 Å². The van der Waals surface area contributed by atoms with Crippen LogP contribution in [0.4, 0.5) is 0 Å². The van der Waals surface area contributed by atoms with Gasteiger partial charge in [-0.05, 0) is 82.3 Å². The molecule has 0 radical (unpaired) electrons. The fourth-order valence-electron chi connectivity index (χ4n) is 9.21. The van der Waals surface area contributed by atoms with Gasteiger partial charge in [0.2, 0.25) is 5.91 Å². The third-order valence-corrected chi connectivity index (χ3v) is 11.3. The summed E-state index contributed by atoms with van der Waals surface area (Å²) in [6.45, 7) is 5.05. The van der Waals surface area contributed by atoms with Crippen molar-refractivity contribution in [3.63, 3.8) is 0 Å². The normalized spacial score (nSPS) is 25.9. The molecule has 1 saturated carbocycles. The van der Waals surface area contributed by atoms with Crippen LogP contribution in [-0.2, 0) is 39.2 Å². The number of likely N-dealkylation sites (tertiary alicyclic amines) is 1. The summed E-state index contributed by atoms with van der Waals surface area (Å²) in [6, 6.07) is 17.1. The maximum absolute atomic E-state index is 13.7. The van der Waals surface area contributed by atoms with Gasteiger partial charge in [0, 0.05) is 53.1 Å². The van der Waals surface area contributed by atoms with E-state index in [4.69, 9.17) is 14.2 Å². The van der Waals surface area contributed by atoms with Gasteiger partial charge in [0.1, 0.15) is 30.3 Å². The topological polar surface area (TPSA) is 130 Å². The highest BCUT2D eigenvalue weighted by molar-refractivity contribution is 5.85. The van der Waals surface area contributed by atoms with Crippen molar-refractivity contribution < 1.29 is 34.0 Å². The Kier molecular flexibility index (Phi) is 8.73. The number of carbonyl (C=O) groups excluding carboxylic acids is 2. The standard InChI is InChI=1S/C39H47N3O7/c1-38(2,21-33(45)40-29(18-23-10-12-25(43)13-11-23)37(46)48-22-24-8-6-5-7-9-24)41-28-15-14-27-30-19-26-32(47-4)20-31(44)35-34(26)39(27,36(28)49-35)16-17-42(30)3/h5-13,20,27-30,36,41,43-44H,14-19,21-22H2,1-4H3,(H,40,45)/t27-,28-,29-,30+,36-,39-/m0/s1. The van der Waals surface area contributed by atoms with Gasteiger partial charge < -0.3 is 40.0 Å². The van der Waals surface area contributed by atoms with Crippen LogP contribution in [-0.4, -0.2) is 77.5 Å². The molecular weight excluding hydrogens is 622 g/mol. The molecule has 2 bridgehead atoms. The van der Waals surface area contributed by atoms with Gasteiger partial charge in [-0.1, -0.05) is 42.5 Å². The number of carbonyl (C=O) groups is 2. The fraction of sp³-hybridized carbons (Fsp3) is 0.487. The summed E-state index contributed by atoms with van der Waals surface area (Å²) < 4.78 is 18.2. The molecule has 2 aliphatic heterocycles. The van der Waals surface area contributed by atoms with Crippen molar-refractivity contribution in [3.05, 3.63) is 82.9 Å². The minimum Gasteiger partial charge on any atom is -0.508 e. The number of benzene rings is 3. The smallest absolute Gasteiger partial charge is 0.329 e. The summed E-state index contributed by atoms with van der Waals surface area (Å²) in [5.41, 5.74) is 3.01. The Morgan fingerprint density at radius 2 is 1.84 bits per heavy atom. The van der Waals surface area contributed by atoms with Crippen LogP contribution in [0.1, 0.15) is 61.8 Å². The molecule has 260 valence electrons. The first-order valence-corrected chi connectivity index (χ1v) is 17.3. The summed E-state index contributed by atoms with van der Waals surface area (Å²) >= 11 is 0. The number of hydrogen-bond acceptors (Lipinski definition) is 9. The van der Waals surface area contributed by atoms with Crippen LogP contribution in [0.25, 0.3) is 0 Å². The fourth-order valence-corrected chi connectivity index (χ4v) is 9.21. The van der Waals surface area contributed by atoms with E-state index < -0.39 is 17.6 Å². The Morgan fingerprint density at radius 1 is 1.08 bits per heavy atom. The van der Waals surface area contributed by atoms with Crippen LogP contribution in [0.5, 0.6) is 23.0 Å². The number of phenolic OH excluding ortho intramolecular Hbond substituents is 2. The molecule has 0 unspecified atom stereocenters. The van der Waals surface area contributed by atoms with Crippen molar-refractivity contribution in [3.8, 4) is 23.0 Å². The van der Waals surface area contributed by atoms with Crippen molar-refractivity contribution in [2.45, 2.75) is 94.2 Å². The minimum absolute atomic E-state index is 0.0597. The average Bonchev–Trinajstić information content (AvgIpc) is 3.43. The minimum atomic E-state index is -0.909. The molecule has 4 aliphatic rings. The average molecular weight is 670 g/mol. The monoisotopic (exact) mass is 669 g/mol. The third-order valence-electron chi connectivity index (χ3n) is 11.3. The lowest BCUT2D eigenvalue weighted by Gasteiger charge is -2.59. The van der Waals surface area contributed by atoms with Crippen LogP contribution < -0.4 is 20.1 Å². The van der Waals surface area contributed by atoms with E-state index in [1.807, 2.05) is 44.2 Å². The molecule has 2 fully saturated rings. The SMILES string of the molecule is COc1cc(O)c2c3c1C[C@@H]1[C@@H]4CC[C@H](NC(C)(C)CC(=O)N[C@@H](Cc5ccc(O)cc5)C(=O)OCc5ccccc5)[C@H](O2)[C@]34CCN1C. The number of likely N-dealkylation sites (N-methyl/N-ethyl adjacent to an activating group) is 1. The van der Waals surface area contributed by atoms with Crippen molar-refractivity contribution in [2.24, 2.45) is 5.92 Å². The summed E-state index contributed by atoms with van der Waals surface area (Å²) in [5, 5.41) is 27.6. The van der Waals surface area contributed by atoms with Crippen LogP contribution >= 0.6 is 0 Å². The molecule has 4 N–H and O–H groups in total. The summed E-state index contributed by atoms with van der Waals surface area (Å²) in [6.07, 6.45) is 3.81. The molecule has 3 aromatic carbocycles.